The van der Waals surface area contributed by atoms with Gasteiger partial charge in [0, 0.05) is 48.8 Å². The number of halogens is 4. The number of piperidine rings is 1. The minimum atomic E-state index is -5.08. The van der Waals surface area contributed by atoms with Crippen LogP contribution < -0.4 is 20.4 Å². The summed E-state index contributed by atoms with van der Waals surface area (Å²) in [6.45, 7) is 2.25. The molecule has 1 aliphatic heterocycles. The molecule has 8 nitrogen and oxygen atoms in total. The lowest BCUT2D eigenvalue weighted by Gasteiger charge is -2.33. The molecule has 1 aliphatic rings. The van der Waals surface area contributed by atoms with Crippen LogP contribution >= 0.6 is 0 Å². The Balaban J connectivity index is 0.000000479. The number of carbonyl (C=O) groups is 1. The first-order chi connectivity index (χ1) is 17.5. The Morgan fingerprint density at radius 2 is 1.68 bits per heavy atom. The molecule has 0 unspecified atom stereocenters. The predicted molar refractivity (Wildman–Crippen MR) is 128 cm³/mol. The van der Waals surface area contributed by atoms with Gasteiger partial charge in [0.05, 0.1) is 19.9 Å². The van der Waals surface area contributed by atoms with E-state index in [4.69, 9.17) is 23.8 Å². The molecule has 12 heteroatoms. The Morgan fingerprint density at radius 1 is 1.08 bits per heavy atom. The van der Waals surface area contributed by atoms with Crippen LogP contribution in [-0.2, 0) is 11.3 Å². The molecule has 1 fully saturated rings. The number of hydrogen-bond donors (Lipinski definition) is 2. The molecule has 200 valence electrons. The van der Waals surface area contributed by atoms with Gasteiger partial charge in [0.2, 0.25) is 0 Å². The van der Waals surface area contributed by atoms with Gasteiger partial charge in [-0.3, -0.25) is 4.90 Å². The maximum Gasteiger partial charge on any atom is 0.490 e. The van der Waals surface area contributed by atoms with Crippen molar-refractivity contribution in [3.63, 3.8) is 0 Å². The van der Waals surface area contributed by atoms with E-state index >= 15 is 0 Å². The molecule has 2 heterocycles. The second-order valence-electron chi connectivity index (χ2n) is 8.30. The highest BCUT2D eigenvalue weighted by molar-refractivity contribution is 5.90. The van der Waals surface area contributed by atoms with E-state index < -0.39 is 12.1 Å². The van der Waals surface area contributed by atoms with Crippen LogP contribution in [0.25, 0.3) is 11.0 Å². The van der Waals surface area contributed by atoms with Gasteiger partial charge >= 0.3 is 17.8 Å². The third-order valence-corrected chi connectivity index (χ3v) is 5.79. The number of carboxylic acids is 1. The van der Waals surface area contributed by atoms with Crippen LogP contribution in [-0.4, -0.2) is 55.5 Å². The van der Waals surface area contributed by atoms with Gasteiger partial charge in [-0.2, -0.15) is 13.2 Å². The van der Waals surface area contributed by atoms with Crippen molar-refractivity contribution in [3.05, 3.63) is 64.3 Å². The molecule has 0 radical (unpaired) electrons. The Morgan fingerprint density at radius 3 is 2.24 bits per heavy atom. The second kappa shape index (κ2) is 12.0. The first-order valence-corrected chi connectivity index (χ1v) is 11.2. The predicted octanol–water partition coefficient (Wildman–Crippen LogP) is 4.66. The van der Waals surface area contributed by atoms with Crippen molar-refractivity contribution in [1.29, 1.82) is 0 Å². The number of benzene rings is 2. The van der Waals surface area contributed by atoms with E-state index in [1.165, 1.54) is 19.2 Å². The van der Waals surface area contributed by atoms with Crippen LogP contribution in [0.1, 0.15) is 18.4 Å². The summed E-state index contributed by atoms with van der Waals surface area (Å²) in [7, 11) is 3.14. The number of nitrogens with one attached hydrogen (secondary N) is 1. The highest BCUT2D eigenvalue weighted by atomic mass is 19.4. The second-order valence-corrected chi connectivity index (χ2v) is 8.30. The first-order valence-electron chi connectivity index (χ1n) is 11.2. The summed E-state index contributed by atoms with van der Waals surface area (Å²) in [5, 5.41) is 11.4. The van der Waals surface area contributed by atoms with E-state index in [1.807, 2.05) is 6.07 Å². The summed E-state index contributed by atoms with van der Waals surface area (Å²) in [4.78, 5) is 23.1. The molecule has 0 spiro atoms. The number of fused-ring (bicyclic) bond motifs is 1. The number of methoxy groups -OCH3 is 2. The molecular weight excluding hydrogens is 500 g/mol. The smallest absolute Gasteiger partial charge is 0.490 e. The molecule has 1 aromatic heterocycles. The minimum Gasteiger partial charge on any atom is -0.497 e. The van der Waals surface area contributed by atoms with E-state index in [9.17, 15) is 22.4 Å². The third-order valence-electron chi connectivity index (χ3n) is 5.79. The monoisotopic (exact) mass is 526 g/mol. The molecule has 2 N–H and O–H groups in total. The van der Waals surface area contributed by atoms with E-state index in [1.54, 1.807) is 31.4 Å². The standard InChI is InChI=1S/C23H25FN2O4.C2HF3O2/c1-28-17-5-6-22-19(11-17)21(13-23(27)30-22)25-16-7-9-26(10-8-16)14-15-3-4-18(29-2)12-20(15)24;3-2(4,5)1(6)7/h3-6,11-13,16,25H,7-10,14H2,1-2H3;(H,6,7). The van der Waals surface area contributed by atoms with Crippen LogP contribution in [0.3, 0.4) is 0 Å². The van der Waals surface area contributed by atoms with Crippen LogP contribution in [0.15, 0.2) is 51.7 Å². The summed E-state index contributed by atoms with van der Waals surface area (Å²) in [6, 6.07) is 12.1. The summed E-state index contributed by atoms with van der Waals surface area (Å²) < 4.78 is 61.6. The zero-order valence-corrected chi connectivity index (χ0v) is 20.1. The average molecular weight is 526 g/mol. The fraction of sp³-hybridized carbons (Fsp3) is 0.360. The van der Waals surface area contributed by atoms with Crippen molar-refractivity contribution in [2.24, 2.45) is 0 Å². The largest absolute Gasteiger partial charge is 0.497 e. The molecule has 4 rings (SSSR count). The SMILES string of the molecule is COc1ccc(CN2CCC(Nc3cc(=O)oc4ccc(OC)cc34)CC2)c(F)c1.O=C(O)C(F)(F)F. The van der Waals surface area contributed by atoms with E-state index in [-0.39, 0.29) is 17.5 Å². The number of hydrogen-bond acceptors (Lipinski definition) is 7. The number of alkyl halides is 3. The summed E-state index contributed by atoms with van der Waals surface area (Å²) in [5.41, 5.74) is 1.56. The fourth-order valence-corrected chi connectivity index (χ4v) is 3.87. The normalized spacial score (nSPS) is 14.5. The maximum atomic E-state index is 14.2. The van der Waals surface area contributed by atoms with Gasteiger partial charge in [-0.15, -0.1) is 0 Å². The zero-order chi connectivity index (χ0) is 27.2. The topological polar surface area (TPSA) is 101 Å². The van der Waals surface area contributed by atoms with E-state index in [2.05, 4.69) is 10.2 Å². The van der Waals surface area contributed by atoms with Gasteiger partial charge < -0.3 is 24.3 Å². The van der Waals surface area contributed by atoms with E-state index in [0.717, 1.165) is 37.0 Å². The van der Waals surface area contributed by atoms with Crippen LogP contribution in [0.4, 0.5) is 23.2 Å². The molecule has 37 heavy (non-hydrogen) atoms. The fourth-order valence-electron chi connectivity index (χ4n) is 3.87. The number of likely N-dealkylation sites (tertiary alicyclic amines) is 1. The lowest BCUT2D eigenvalue weighted by molar-refractivity contribution is -0.192. The number of carboxylic acid groups (broad SMARTS) is 1. The summed E-state index contributed by atoms with van der Waals surface area (Å²) in [5.74, 6) is -1.77. The summed E-state index contributed by atoms with van der Waals surface area (Å²) >= 11 is 0. The number of ether oxygens (including phenoxy) is 2. The lowest BCUT2D eigenvalue weighted by Crippen LogP contribution is -2.38. The Hall–Kier alpha value is -3.80. The van der Waals surface area contributed by atoms with Crippen LogP contribution in [0, 0.1) is 5.82 Å². The molecular formula is C25H26F4N2O6. The highest BCUT2D eigenvalue weighted by Gasteiger charge is 2.38. The maximum absolute atomic E-state index is 14.2. The van der Waals surface area contributed by atoms with Crippen LogP contribution in [0.5, 0.6) is 11.5 Å². The number of nitrogens with zero attached hydrogens (tertiary/aromatic N) is 1. The van der Waals surface area contributed by atoms with Gasteiger partial charge in [0.15, 0.2) is 0 Å². The average Bonchev–Trinajstić information content (AvgIpc) is 2.86. The van der Waals surface area contributed by atoms with Crippen molar-refractivity contribution >= 4 is 22.6 Å². The molecule has 0 aliphatic carbocycles. The molecule has 3 aromatic rings. The Labute approximate surface area is 209 Å². The molecule has 1 saturated heterocycles. The van der Waals surface area contributed by atoms with Gasteiger partial charge in [-0.1, -0.05) is 6.07 Å². The molecule has 0 saturated carbocycles. The minimum absolute atomic E-state index is 0.221. The summed E-state index contributed by atoms with van der Waals surface area (Å²) in [6.07, 6.45) is -3.30. The highest BCUT2D eigenvalue weighted by Crippen LogP contribution is 2.28. The quantitative estimate of drug-likeness (QED) is 0.354. The Bertz CT molecular complexity index is 1290. The van der Waals surface area contributed by atoms with Crippen LogP contribution in [0.2, 0.25) is 0 Å². The number of anilines is 1. The van der Waals surface area contributed by atoms with Gasteiger partial charge in [0.25, 0.3) is 0 Å². The zero-order valence-electron chi connectivity index (χ0n) is 20.1. The van der Waals surface area contributed by atoms with Crippen molar-refractivity contribution < 1.29 is 41.4 Å². The van der Waals surface area contributed by atoms with Gasteiger partial charge in [0.1, 0.15) is 22.9 Å². The van der Waals surface area contributed by atoms with E-state index in [0.29, 0.717) is 29.2 Å². The molecule has 2 aromatic carbocycles. The number of rotatable bonds is 6. The molecule has 0 bridgehead atoms. The first kappa shape index (κ1) is 27.8. The molecule has 0 atom stereocenters. The number of aliphatic carboxylic acids is 1. The van der Waals surface area contributed by atoms with Crippen molar-refractivity contribution in [3.8, 4) is 11.5 Å². The van der Waals surface area contributed by atoms with Gasteiger partial charge in [-0.05, 0) is 37.1 Å². The van der Waals surface area contributed by atoms with Gasteiger partial charge in [-0.25, -0.2) is 14.0 Å². The third kappa shape index (κ3) is 7.59. The van der Waals surface area contributed by atoms with Crippen molar-refractivity contribution in [2.45, 2.75) is 31.6 Å². The Kier molecular flexibility index (Phi) is 8.98. The lowest BCUT2D eigenvalue weighted by atomic mass is 10.0. The van der Waals surface area contributed by atoms with Crippen molar-refractivity contribution in [1.82, 2.24) is 4.90 Å². The molecule has 0 amide bonds. The van der Waals surface area contributed by atoms with Crippen molar-refractivity contribution in [2.75, 3.05) is 32.6 Å².